The largest absolute Gasteiger partial charge is 0.357 e. The van der Waals surface area contributed by atoms with Crippen molar-refractivity contribution in [2.24, 2.45) is 0 Å². The van der Waals surface area contributed by atoms with E-state index < -0.39 is 0 Å². The van der Waals surface area contributed by atoms with Crippen LogP contribution in [0.1, 0.15) is 17.7 Å². The molecule has 2 aliphatic heterocycles. The van der Waals surface area contributed by atoms with Gasteiger partial charge in [0.25, 0.3) is 0 Å². The quantitative estimate of drug-likeness (QED) is 0.910. The van der Waals surface area contributed by atoms with Crippen LogP contribution in [0.5, 0.6) is 0 Å². The van der Waals surface area contributed by atoms with E-state index in [4.69, 9.17) is 0 Å². The fraction of sp³-hybridized carbons (Fsp3) is 0.556. The van der Waals surface area contributed by atoms with E-state index in [0.717, 1.165) is 62.8 Å². The van der Waals surface area contributed by atoms with Gasteiger partial charge in [-0.1, -0.05) is 0 Å². The number of aromatic amines is 1. The molecule has 0 bridgehead atoms. The fourth-order valence-electron chi connectivity index (χ4n) is 3.97. The number of hydrogen-bond acceptors (Lipinski definition) is 3. The SMILES string of the molecule is Cc1c(CN2CCN([C@H]3CCNC3)CC2)[nH]c2ccc(F)cc12. The second kappa shape index (κ2) is 6.23. The minimum Gasteiger partial charge on any atom is -0.357 e. The topological polar surface area (TPSA) is 34.3 Å². The van der Waals surface area contributed by atoms with E-state index in [9.17, 15) is 4.39 Å². The lowest BCUT2D eigenvalue weighted by Crippen LogP contribution is -2.50. The molecular weight excluding hydrogens is 291 g/mol. The van der Waals surface area contributed by atoms with Gasteiger partial charge in [0, 0.05) is 61.9 Å². The van der Waals surface area contributed by atoms with Crippen molar-refractivity contribution < 1.29 is 4.39 Å². The predicted molar refractivity (Wildman–Crippen MR) is 91.1 cm³/mol. The Bertz CT molecular complexity index is 682. The zero-order valence-electron chi connectivity index (χ0n) is 13.7. The van der Waals surface area contributed by atoms with Crippen LogP contribution in [0, 0.1) is 12.7 Å². The Morgan fingerprint density at radius 3 is 2.78 bits per heavy atom. The van der Waals surface area contributed by atoms with Gasteiger partial charge in [-0.3, -0.25) is 9.80 Å². The van der Waals surface area contributed by atoms with Crippen molar-refractivity contribution in [3.05, 3.63) is 35.3 Å². The van der Waals surface area contributed by atoms with Gasteiger partial charge in [-0.25, -0.2) is 4.39 Å². The van der Waals surface area contributed by atoms with Crippen LogP contribution in [0.15, 0.2) is 18.2 Å². The van der Waals surface area contributed by atoms with Crippen molar-refractivity contribution in [3.63, 3.8) is 0 Å². The molecule has 0 unspecified atom stereocenters. The molecular formula is C18H25FN4. The van der Waals surface area contributed by atoms with Gasteiger partial charge in [-0.05, 0) is 43.7 Å². The normalized spacial score (nSPS) is 23.8. The van der Waals surface area contributed by atoms with Crippen LogP contribution in [-0.2, 0) is 6.54 Å². The van der Waals surface area contributed by atoms with Crippen molar-refractivity contribution in [2.75, 3.05) is 39.3 Å². The van der Waals surface area contributed by atoms with Crippen LogP contribution in [0.2, 0.25) is 0 Å². The Kier molecular flexibility index (Phi) is 4.09. The molecule has 2 saturated heterocycles. The minimum absolute atomic E-state index is 0.162. The second-order valence-electron chi connectivity index (χ2n) is 6.88. The van der Waals surface area contributed by atoms with Gasteiger partial charge >= 0.3 is 0 Å². The summed E-state index contributed by atoms with van der Waals surface area (Å²) in [5.74, 6) is -0.162. The summed E-state index contributed by atoms with van der Waals surface area (Å²) in [4.78, 5) is 8.61. The molecule has 1 atom stereocenters. The van der Waals surface area contributed by atoms with Crippen LogP contribution in [-0.4, -0.2) is 60.1 Å². The Labute approximate surface area is 136 Å². The summed E-state index contributed by atoms with van der Waals surface area (Å²) >= 11 is 0. The lowest BCUT2D eigenvalue weighted by atomic mass is 10.1. The average molecular weight is 316 g/mol. The molecule has 0 aliphatic carbocycles. The Balaban J connectivity index is 1.42. The molecule has 23 heavy (non-hydrogen) atoms. The van der Waals surface area contributed by atoms with Crippen molar-refractivity contribution in [1.82, 2.24) is 20.1 Å². The number of H-pyrrole nitrogens is 1. The zero-order valence-corrected chi connectivity index (χ0v) is 13.7. The number of rotatable bonds is 3. The van der Waals surface area contributed by atoms with Gasteiger partial charge in [0.05, 0.1) is 0 Å². The third-order valence-electron chi connectivity index (χ3n) is 5.46. The van der Waals surface area contributed by atoms with Crippen molar-refractivity contribution in [3.8, 4) is 0 Å². The summed E-state index contributed by atoms with van der Waals surface area (Å²) in [5.41, 5.74) is 3.44. The summed E-state index contributed by atoms with van der Waals surface area (Å²) in [6.45, 7) is 9.86. The smallest absolute Gasteiger partial charge is 0.123 e. The number of halogens is 1. The Morgan fingerprint density at radius 2 is 2.04 bits per heavy atom. The van der Waals surface area contributed by atoms with Gasteiger partial charge in [0.2, 0.25) is 0 Å². The number of fused-ring (bicyclic) bond motifs is 1. The molecule has 2 aliphatic rings. The molecule has 3 heterocycles. The third-order valence-corrected chi connectivity index (χ3v) is 5.46. The highest BCUT2D eigenvalue weighted by Crippen LogP contribution is 2.24. The molecule has 0 radical (unpaired) electrons. The van der Waals surface area contributed by atoms with Gasteiger partial charge in [0.15, 0.2) is 0 Å². The lowest BCUT2D eigenvalue weighted by Gasteiger charge is -2.37. The number of benzene rings is 1. The molecule has 4 nitrogen and oxygen atoms in total. The van der Waals surface area contributed by atoms with Gasteiger partial charge < -0.3 is 10.3 Å². The highest BCUT2D eigenvalue weighted by Gasteiger charge is 2.26. The fourth-order valence-corrected chi connectivity index (χ4v) is 3.97. The second-order valence-corrected chi connectivity index (χ2v) is 6.88. The summed E-state index contributed by atoms with van der Waals surface area (Å²) in [6, 6.07) is 5.73. The van der Waals surface area contributed by atoms with Crippen LogP contribution in [0.25, 0.3) is 10.9 Å². The van der Waals surface area contributed by atoms with Gasteiger partial charge in [-0.2, -0.15) is 0 Å². The van der Waals surface area contributed by atoms with E-state index >= 15 is 0 Å². The highest BCUT2D eigenvalue weighted by molar-refractivity contribution is 5.84. The molecule has 0 saturated carbocycles. The van der Waals surface area contributed by atoms with E-state index in [1.807, 2.05) is 6.07 Å². The third kappa shape index (κ3) is 3.01. The summed E-state index contributed by atoms with van der Waals surface area (Å²) in [6.07, 6.45) is 1.28. The highest BCUT2D eigenvalue weighted by atomic mass is 19.1. The Morgan fingerprint density at radius 1 is 1.22 bits per heavy atom. The maximum absolute atomic E-state index is 13.4. The van der Waals surface area contributed by atoms with E-state index in [-0.39, 0.29) is 5.82 Å². The van der Waals surface area contributed by atoms with Gasteiger partial charge in [-0.15, -0.1) is 0 Å². The van der Waals surface area contributed by atoms with E-state index in [2.05, 4.69) is 27.0 Å². The van der Waals surface area contributed by atoms with Crippen LogP contribution >= 0.6 is 0 Å². The van der Waals surface area contributed by atoms with E-state index in [1.54, 1.807) is 6.07 Å². The first-order chi connectivity index (χ1) is 11.2. The molecule has 2 N–H and O–H groups in total. The number of nitrogens with zero attached hydrogens (tertiary/aromatic N) is 2. The minimum atomic E-state index is -0.162. The van der Waals surface area contributed by atoms with E-state index in [0.29, 0.717) is 0 Å². The average Bonchev–Trinajstić information content (AvgIpc) is 3.19. The molecule has 0 spiro atoms. The van der Waals surface area contributed by atoms with Crippen LogP contribution in [0.3, 0.4) is 0 Å². The first kappa shape index (κ1) is 15.1. The predicted octanol–water partition coefficient (Wildman–Crippen LogP) is 2.09. The van der Waals surface area contributed by atoms with Crippen molar-refractivity contribution in [1.29, 1.82) is 0 Å². The summed E-state index contributed by atoms with van der Waals surface area (Å²) < 4.78 is 13.4. The number of aromatic nitrogens is 1. The van der Waals surface area contributed by atoms with E-state index in [1.165, 1.54) is 23.7 Å². The molecule has 1 aromatic heterocycles. The first-order valence-electron chi connectivity index (χ1n) is 8.64. The molecule has 5 heteroatoms. The number of piperazine rings is 1. The standard InChI is InChI=1S/C18H25FN4/c1-13-16-10-14(19)2-3-17(16)21-18(13)12-22-6-8-23(9-7-22)15-4-5-20-11-15/h2-3,10,15,20-21H,4-9,11-12H2,1H3/t15-/m0/s1. The monoisotopic (exact) mass is 316 g/mol. The van der Waals surface area contributed by atoms with Crippen LogP contribution in [0.4, 0.5) is 4.39 Å². The molecule has 2 aromatic rings. The molecule has 124 valence electrons. The number of hydrogen-bond donors (Lipinski definition) is 2. The summed E-state index contributed by atoms with van der Waals surface area (Å²) in [5, 5.41) is 4.47. The zero-order chi connectivity index (χ0) is 15.8. The van der Waals surface area contributed by atoms with Gasteiger partial charge in [0.1, 0.15) is 5.82 Å². The van der Waals surface area contributed by atoms with Crippen molar-refractivity contribution in [2.45, 2.75) is 25.9 Å². The maximum atomic E-state index is 13.4. The Hall–Kier alpha value is -1.43. The molecule has 0 amide bonds. The van der Waals surface area contributed by atoms with Crippen LogP contribution < -0.4 is 5.32 Å². The number of nitrogens with one attached hydrogen (secondary N) is 2. The molecule has 2 fully saturated rings. The molecule has 4 rings (SSSR count). The summed E-state index contributed by atoms with van der Waals surface area (Å²) in [7, 11) is 0. The van der Waals surface area contributed by atoms with Crippen molar-refractivity contribution >= 4 is 10.9 Å². The molecule has 1 aromatic carbocycles. The first-order valence-corrected chi connectivity index (χ1v) is 8.64. The lowest BCUT2D eigenvalue weighted by molar-refractivity contribution is 0.0974. The maximum Gasteiger partial charge on any atom is 0.123 e. The number of aryl methyl sites for hydroxylation is 1.